The second kappa shape index (κ2) is 6.09. The van der Waals surface area contributed by atoms with Gasteiger partial charge in [0.1, 0.15) is 5.78 Å². The number of hydrogen-bond acceptors (Lipinski definition) is 4. The number of carbonyl (C=O) groups excluding carboxylic acids is 1. The lowest BCUT2D eigenvalue weighted by Crippen LogP contribution is -2.50. The van der Waals surface area contributed by atoms with Crippen molar-refractivity contribution in [2.24, 2.45) is 5.92 Å². The molecule has 1 aliphatic rings. The van der Waals surface area contributed by atoms with Gasteiger partial charge in [-0.1, -0.05) is 0 Å². The quantitative estimate of drug-likeness (QED) is 0.795. The standard InChI is InChI=1S/C13H22N4O/c1-10(2)17-8-11(9-17)6-13(18)5-3-4-12-7-14-16-15-12/h7,10-11H,3-6,8-9H2,1-2H3,(H,14,15,16). The molecule has 5 nitrogen and oxygen atoms in total. The second-order valence-corrected chi connectivity index (χ2v) is 5.47. The van der Waals surface area contributed by atoms with Crippen molar-refractivity contribution < 1.29 is 4.79 Å². The van der Waals surface area contributed by atoms with E-state index in [1.165, 1.54) is 0 Å². The minimum absolute atomic E-state index is 0.395. The van der Waals surface area contributed by atoms with Crippen molar-refractivity contribution in [3.8, 4) is 0 Å². The minimum atomic E-state index is 0.395. The normalized spacial score (nSPS) is 17.1. The van der Waals surface area contributed by atoms with Gasteiger partial charge in [0.05, 0.1) is 11.9 Å². The molecular weight excluding hydrogens is 228 g/mol. The maximum atomic E-state index is 11.8. The van der Waals surface area contributed by atoms with Gasteiger partial charge in [-0.15, -0.1) is 0 Å². The van der Waals surface area contributed by atoms with Crippen molar-refractivity contribution >= 4 is 5.78 Å². The van der Waals surface area contributed by atoms with Crippen molar-refractivity contribution in [2.45, 2.75) is 45.6 Å². The van der Waals surface area contributed by atoms with Crippen molar-refractivity contribution in [2.75, 3.05) is 13.1 Å². The maximum Gasteiger partial charge on any atom is 0.133 e. The van der Waals surface area contributed by atoms with Gasteiger partial charge in [-0.3, -0.25) is 4.79 Å². The SMILES string of the molecule is CC(C)N1CC(CC(=O)CCCc2cn[nH]n2)C1. The van der Waals surface area contributed by atoms with E-state index in [1.807, 2.05) is 0 Å². The van der Waals surface area contributed by atoms with Crippen LogP contribution < -0.4 is 0 Å². The van der Waals surface area contributed by atoms with E-state index in [4.69, 9.17) is 0 Å². The van der Waals surface area contributed by atoms with E-state index < -0.39 is 0 Å². The Morgan fingerprint density at radius 2 is 2.33 bits per heavy atom. The summed E-state index contributed by atoms with van der Waals surface area (Å²) in [5.41, 5.74) is 0.942. The molecule has 0 saturated carbocycles. The van der Waals surface area contributed by atoms with Crippen LogP contribution in [0.15, 0.2) is 6.20 Å². The predicted molar refractivity (Wildman–Crippen MR) is 69.1 cm³/mol. The number of Topliss-reactive ketones (excluding diaryl/α,β-unsaturated/α-hetero) is 1. The van der Waals surface area contributed by atoms with E-state index in [9.17, 15) is 4.79 Å². The fourth-order valence-corrected chi connectivity index (χ4v) is 2.40. The van der Waals surface area contributed by atoms with Gasteiger partial charge in [0.25, 0.3) is 0 Å². The second-order valence-electron chi connectivity index (χ2n) is 5.47. The lowest BCUT2D eigenvalue weighted by Gasteiger charge is -2.41. The molecule has 100 valence electrons. The Morgan fingerprint density at radius 1 is 1.56 bits per heavy atom. The van der Waals surface area contributed by atoms with Crippen molar-refractivity contribution in [1.82, 2.24) is 20.3 Å². The van der Waals surface area contributed by atoms with E-state index in [2.05, 4.69) is 34.2 Å². The summed E-state index contributed by atoms with van der Waals surface area (Å²) in [5, 5.41) is 10.3. The summed E-state index contributed by atoms with van der Waals surface area (Å²) in [5.74, 6) is 0.985. The number of H-pyrrole nitrogens is 1. The van der Waals surface area contributed by atoms with E-state index in [0.717, 1.165) is 38.0 Å². The molecule has 5 heteroatoms. The Morgan fingerprint density at radius 3 is 2.94 bits per heavy atom. The van der Waals surface area contributed by atoms with Gasteiger partial charge >= 0.3 is 0 Å². The number of ketones is 1. The molecule has 0 aromatic carbocycles. The van der Waals surface area contributed by atoms with Gasteiger partial charge in [0.2, 0.25) is 0 Å². The number of rotatable bonds is 7. The van der Waals surface area contributed by atoms with Crippen LogP contribution in [0.25, 0.3) is 0 Å². The predicted octanol–water partition coefficient (Wildman–Crippen LogP) is 1.43. The molecule has 0 amide bonds. The molecule has 1 fully saturated rings. The summed E-state index contributed by atoms with van der Waals surface area (Å²) < 4.78 is 0. The largest absolute Gasteiger partial charge is 0.300 e. The van der Waals surface area contributed by atoms with Crippen molar-refractivity contribution in [3.05, 3.63) is 11.9 Å². The Balaban J connectivity index is 1.56. The van der Waals surface area contributed by atoms with Crippen molar-refractivity contribution in [1.29, 1.82) is 0 Å². The number of hydrogen-bond donors (Lipinski definition) is 1. The smallest absolute Gasteiger partial charge is 0.133 e. The zero-order valence-electron chi connectivity index (χ0n) is 11.2. The fourth-order valence-electron chi connectivity index (χ4n) is 2.40. The van der Waals surface area contributed by atoms with Gasteiger partial charge in [-0.2, -0.15) is 15.4 Å². The molecule has 1 N–H and O–H groups in total. The summed E-state index contributed by atoms with van der Waals surface area (Å²) in [7, 11) is 0. The summed E-state index contributed by atoms with van der Waals surface area (Å²) in [4.78, 5) is 14.2. The Bertz CT molecular complexity index is 368. The lowest BCUT2D eigenvalue weighted by atomic mass is 9.91. The topological polar surface area (TPSA) is 61.9 Å². The summed E-state index contributed by atoms with van der Waals surface area (Å²) >= 11 is 0. The summed E-state index contributed by atoms with van der Waals surface area (Å²) in [6.45, 7) is 6.59. The van der Waals surface area contributed by atoms with Gasteiger partial charge in [0.15, 0.2) is 0 Å². The monoisotopic (exact) mass is 250 g/mol. The molecule has 0 aliphatic carbocycles. The van der Waals surface area contributed by atoms with Crippen molar-refractivity contribution in [3.63, 3.8) is 0 Å². The minimum Gasteiger partial charge on any atom is -0.300 e. The molecule has 18 heavy (non-hydrogen) atoms. The van der Waals surface area contributed by atoms with Crippen LogP contribution in [-0.2, 0) is 11.2 Å². The third kappa shape index (κ3) is 3.63. The molecule has 0 unspecified atom stereocenters. The average molecular weight is 250 g/mol. The number of likely N-dealkylation sites (tertiary alicyclic amines) is 1. The Labute approximate surface area is 108 Å². The molecule has 0 spiro atoms. The molecule has 1 aromatic rings. The number of aryl methyl sites for hydroxylation is 1. The first-order chi connectivity index (χ1) is 8.65. The Kier molecular flexibility index (Phi) is 4.47. The molecule has 1 aromatic heterocycles. The lowest BCUT2D eigenvalue weighted by molar-refractivity contribution is -0.121. The van der Waals surface area contributed by atoms with Crippen LogP contribution in [0.4, 0.5) is 0 Å². The maximum absolute atomic E-state index is 11.8. The summed E-state index contributed by atoms with van der Waals surface area (Å²) in [6.07, 6.45) is 4.86. The van der Waals surface area contributed by atoms with E-state index in [0.29, 0.717) is 24.2 Å². The van der Waals surface area contributed by atoms with E-state index in [1.54, 1.807) is 6.20 Å². The van der Waals surface area contributed by atoms with Crippen LogP contribution >= 0.6 is 0 Å². The number of aromatic nitrogens is 3. The third-order valence-corrected chi connectivity index (χ3v) is 3.59. The first-order valence-electron chi connectivity index (χ1n) is 6.75. The third-order valence-electron chi connectivity index (χ3n) is 3.59. The number of nitrogens with zero attached hydrogens (tertiary/aromatic N) is 3. The van der Waals surface area contributed by atoms with Crippen LogP contribution in [0.1, 0.15) is 38.8 Å². The number of aromatic amines is 1. The number of carbonyl (C=O) groups is 1. The van der Waals surface area contributed by atoms with E-state index in [-0.39, 0.29) is 0 Å². The first kappa shape index (κ1) is 13.2. The molecule has 0 bridgehead atoms. The highest BCUT2D eigenvalue weighted by molar-refractivity contribution is 5.78. The highest BCUT2D eigenvalue weighted by atomic mass is 16.1. The van der Waals surface area contributed by atoms with Crippen LogP contribution in [0, 0.1) is 5.92 Å². The van der Waals surface area contributed by atoms with Gasteiger partial charge < -0.3 is 4.90 Å². The molecular formula is C13H22N4O. The molecule has 2 heterocycles. The van der Waals surface area contributed by atoms with E-state index >= 15 is 0 Å². The number of nitrogens with one attached hydrogen (secondary N) is 1. The zero-order chi connectivity index (χ0) is 13.0. The molecule has 1 aliphatic heterocycles. The van der Waals surface area contributed by atoms with Gasteiger partial charge in [-0.05, 0) is 32.6 Å². The van der Waals surface area contributed by atoms with Gasteiger partial charge in [-0.25, -0.2) is 0 Å². The van der Waals surface area contributed by atoms with Gasteiger partial charge in [0, 0.05) is 32.0 Å². The molecule has 1 saturated heterocycles. The highest BCUT2D eigenvalue weighted by Gasteiger charge is 2.29. The Hall–Kier alpha value is -1.23. The van der Waals surface area contributed by atoms with Crippen LogP contribution in [-0.4, -0.2) is 45.2 Å². The fraction of sp³-hybridized carbons (Fsp3) is 0.769. The van der Waals surface area contributed by atoms with Crippen LogP contribution in [0.5, 0.6) is 0 Å². The average Bonchev–Trinajstić information content (AvgIpc) is 2.75. The first-order valence-corrected chi connectivity index (χ1v) is 6.75. The zero-order valence-corrected chi connectivity index (χ0v) is 11.2. The highest BCUT2D eigenvalue weighted by Crippen LogP contribution is 2.22. The van der Waals surface area contributed by atoms with Crippen LogP contribution in [0.2, 0.25) is 0 Å². The van der Waals surface area contributed by atoms with Crippen LogP contribution in [0.3, 0.4) is 0 Å². The summed E-state index contributed by atoms with van der Waals surface area (Å²) in [6, 6.07) is 0.614. The molecule has 0 atom stereocenters. The molecule has 2 rings (SSSR count). The molecule has 0 radical (unpaired) electrons.